The van der Waals surface area contributed by atoms with Gasteiger partial charge in [0.15, 0.2) is 11.6 Å². The first kappa shape index (κ1) is 25.5. The van der Waals surface area contributed by atoms with Crippen molar-refractivity contribution >= 4 is 37.3 Å². The number of thiophene rings is 1. The van der Waals surface area contributed by atoms with E-state index in [1.165, 1.54) is 0 Å². The van der Waals surface area contributed by atoms with Gasteiger partial charge in [-0.2, -0.15) is 10.2 Å². The zero-order valence-corrected chi connectivity index (χ0v) is 22.8. The standard InChI is InChI=1S/C28H27F2N7O2S/c1-36-4-6-37(7-5-36)13-28(2-3-28)14-39-27-34-9-16-17-11-38-12-18(17)20(22(30)23(16)35-27)24-21-15(8-31)26(32)40-25(21)19(29)10-33-24/h9-10H,2-7,11-14,32H2,1H3. The molecule has 0 bridgehead atoms. The second-order valence-corrected chi connectivity index (χ2v) is 12.1. The molecule has 40 heavy (non-hydrogen) atoms. The number of nitrogens with zero attached hydrogens (tertiary/aromatic N) is 6. The maximum absolute atomic E-state index is 16.4. The summed E-state index contributed by atoms with van der Waals surface area (Å²) in [6.45, 7) is 6.03. The van der Waals surface area contributed by atoms with E-state index in [9.17, 15) is 9.65 Å². The van der Waals surface area contributed by atoms with Gasteiger partial charge < -0.3 is 25.0 Å². The number of halogens is 2. The molecule has 2 N–H and O–H groups in total. The third-order valence-corrected chi connectivity index (χ3v) is 9.37. The smallest absolute Gasteiger partial charge is 0.317 e. The summed E-state index contributed by atoms with van der Waals surface area (Å²) in [7, 11) is 2.14. The van der Waals surface area contributed by atoms with Crippen molar-refractivity contribution in [2.24, 2.45) is 5.41 Å². The van der Waals surface area contributed by atoms with Crippen molar-refractivity contribution < 1.29 is 18.3 Å². The number of hydrogen-bond donors (Lipinski definition) is 1. The summed E-state index contributed by atoms with van der Waals surface area (Å²) in [5, 5.41) is 10.6. The van der Waals surface area contributed by atoms with E-state index in [4.69, 9.17) is 15.2 Å². The number of nitrogens with two attached hydrogens (primary N) is 1. The van der Waals surface area contributed by atoms with Crippen LogP contribution in [0.25, 0.3) is 32.2 Å². The molecule has 1 aromatic carbocycles. The molecule has 0 atom stereocenters. The summed E-state index contributed by atoms with van der Waals surface area (Å²) in [6, 6.07) is 2.14. The molecule has 1 aliphatic carbocycles. The van der Waals surface area contributed by atoms with Crippen LogP contribution in [0.4, 0.5) is 13.8 Å². The Morgan fingerprint density at radius 3 is 2.67 bits per heavy atom. The van der Waals surface area contributed by atoms with E-state index in [2.05, 4.69) is 31.8 Å². The van der Waals surface area contributed by atoms with Gasteiger partial charge in [0.2, 0.25) is 0 Å². The zero-order chi connectivity index (χ0) is 27.6. The number of piperazine rings is 1. The number of nitriles is 1. The van der Waals surface area contributed by atoms with Crippen molar-refractivity contribution in [1.29, 1.82) is 5.26 Å². The van der Waals surface area contributed by atoms with E-state index in [1.807, 2.05) is 6.07 Å². The number of likely N-dealkylation sites (N-methyl/N-ethyl adjacent to an activating group) is 1. The molecule has 206 valence electrons. The van der Waals surface area contributed by atoms with Gasteiger partial charge in [-0.25, -0.2) is 13.8 Å². The number of ether oxygens (including phenoxy) is 2. The summed E-state index contributed by atoms with van der Waals surface area (Å²) in [5.74, 6) is -1.26. The van der Waals surface area contributed by atoms with Gasteiger partial charge in [0.25, 0.3) is 0 Å². The van der Waals surface area contributed by atoms with Crippen molar-refractivity contribution in [3.63, 3.8) is 0 Å². The first-order valence-electron chi connectivity index (χ1n) is 13.3. The number of benzene rings is 1. The maximum atomic E-state index is 16.4. The Labute approximate surface area is 233 Å². The van der Waals surface area contributed by atoms with E-state index in [0.29, 0.717) is 17.6 Å². The van der Waals surface area contributed by atoms with E-state index in [1.54, 1.807) is 6.20 Å². The molecule has 0 unspecified atom stereocenters. The number of pyridine rings is 1. The fourth-order valence-electron chi connectivity index (χ4n) is 5.82. The van der Waals surface area contributed by atoms with Crippen LogP contribution in [0.1, 0.15) is 29.5 Å². The minimum Gasteiger partial charge on any atom is -0.463 e. The highest BCUT2D eigenvalue weighted by Crippen LogP contribution is 2.47. The first-order chi connectivity index (χ1) is 19.4. The minimum atomic E-state index is -0.640. The fourth-order valence-corrected chi connectivity index (χ4v) is 6.75. The molecule has 3 aliphatic rings. The molecule has 7 rings (SSSR count). The Morgan fingerprint density at radius 1 is 1.15 bits per heavy atom. The van der Waals surface area contributed by atoms with Crippen molar-refractivity contribution in [3.05, 3.63) is 40.7 Å². The molecule has 4 aromatic rings. The van der Waals surface area contributed by atoms with Gasteiger partial charge in [-0.15, -0.1) is 11.3 Å². The molecule has 3 aromatic heterocycles. The number of fused-ring (bicyclic) bond motifs is 4. The lowest BCUT2D eigenvalue weighted by Gasteiger charge is -2.34. The van der Waals surface area contributed by atoms with Crippen LogP contribution < -0.4 is 10.5 Å². The van der Waals surface area contributed by atoms with E-state index < -0.39 is 11.6 Å². The monoisotopic (exact) mass is 563 g/mol. The molecule has 1 saturated carbocycles. The van der Waals surface area contributed by atoms with E-state index in [0.717, 1.165) is 68.7 Å². The van der Waals surface area contributed by atoms with Crippen molar-refractivity contribution in [2.75, 3.05) is 52.1 Å². The lowest BCUT2D eigenvalue weighted by atomic mass is 9.94. The van der Waals surface area contributed by atoms with Gasteiger partial charge in [-0.05, 0) is 31.0 Å². The molecule has 12 heteroatoms. The van der Waals surface area contributed by atoms with Gasteiger partial charge in [0.05, 0.1) is 42.0 Å². The van der Waals surface area contributed by atoms with Gasteiger partial charge in [-0.3, -0.25) is 4.98 Å². The number of aromatic nitrogens is 3. The van der Waals surface area contributed by atoms with Crippen molar-refractivity contribution in [3.8, 4) is 23.3 Å². The molecule has 9 nitrogen and oxygen atoms in total. The van der Waals surface area contributed by atoms with Crippen LogP contribution >= 0.6 is 11.3 Å². The van der Waals surface area contributed by atoms with Crippen LogP contribution in [0.15, 0.2) is 12.4 Å². The Morgan fingerprint density at radius 2 is 1.93 bits per heavy atom. The fraction of sp³-hybridized carbons (Fsp3) is 0.429. The van der Waals surface area contributed by atoms with Crippen molar-refractivity contribution in [1.82, 2.24) is 24.8 Å². The van der Waals surface area contributed by atoms with Crippen LogP contribution in [-0.2, 0) is 18.0 Å². The quantitative estimate of drug-likeness (QED) is 0.371. The molecule has 2 aliphatic heterocycles. The SMILES string of the molecule is CN1CCN(CC2(COc3ncc4c5c(c(-c6ncc(F)c7sc(N)c(C#N)c67)c(F)c4n3)COC5)CC2)CC1. The van der Waals surface area contributed by atoms with E-state index >= 15 is 4.39 Å². The predicted octanol–water partition coefficient (Wildman–Crippen LogP) is 4.08. The van der Waals surface area contributed by atoms with Gasteiger partial charge in [-0.1, -0.05) is 0 Å². The summed E-state index contributed by atoms with van der Waals surface area (Å²) in [5.41, 5.74) is 7.86. The van der Waals surface area contributed by atoms with Crippen LogP contribution in [0.2, 0.25) is 0 Å². The van der Waals surface area contributed by atoms with Gasteiger partial charge >= 0.3 is 6.01 Å². The van der Waals surface area contributed by atoms with Crippen LogP contribution in [0.3, 0.4) is 0 Å². The average molecular weight is 564 g/mol. The predicted molar refractivity (Wildman–Crippen MR) is 147 cm³/mol. The first-order valence-corrected chi connectivity index (χ1v) is 14.1. The lowest BCUT2D eigenvalue weighted by Crippen LogP contribution is -2.47. The van der Waals surface area contributed by atoms with Crippen LogP contribution in [0.5, 0.6) is 6.01 Å². The van der Waals surface area contributed by atoms with Crippen LogP contribution in [0, 0.1) is 28.4 Å². The lowest BCUT2D eigenvalue weighted by molar-refractivity contribution is 0.107. The number of anilines is 1. The Bertz CT molecular complexity index is 1710. The normalized spacial score (nSPS) is 18.8. The second-order valence-electron chi connectivity index (χ2n) is 11.0. The molecule has 0 amide bonds. The summed E-state index contributed by atoms with van der Waals surface area (Å²) in [4.78, 5) is 18.0. The molecule has 0 spiro atoms. The molecule has 0 radical (unpaired) electrons. The number of nitrogen functional groups attached to an aromatic ring is 1. The summed E-state index contributed by atoms with van der Waals surface area (Å²) in [6.07, 6.45) is 4.76. The highest BCUT2D eigenvalue weighted by molar-refractivity contribution is 7.23. The second kappa shape index (κ2) is 9.55. The Hall–Kier alpha value is -3.50. The largest absolute Gasteiger partial charge is 0.463 e. The molecule has 2 fully saturated rings. The maximum Gasteiger partial charge on any atom is 0.317 e. The molecular formula is C28H27F2N7O2S. The highest BCUT2D eigenvalue weighted by atomic mass is 32.1. The molecule has 1 saturated heterocycles. The van der Waals surface area contributed by atoms with Gasteiger partial charge in [0.1, 0.15) is 16.6 Å². The average Bonchev–Trinajstić information content (AvgIpc) is 3.37. The van der Waals surface area contributed by atoms with Crippen molar-refractivity contribution in [2.45, 2.75) is 26.1 Å². The topological polar surface area (TPSA) is 113 Å². The Kier molecular flexibility index (Phi) is 6.08. The highest BCUT2D eigenvalue weighted by Gasteiger charge is 2.45. The summed E-state index contributed by atoms with van der Waals surface area (Å²) >= 11 is 0.946. The zero-order valence-electron chi connectivity index (χ0n) is 22.0. The Balaban J connectivity index is 1.26. The third kappa shape index (κ3) is 4.16. The number of rotatable bonds is 6. The third-order valence-electron chi connectivity index (χ3n) is 8.34. The van der Waals surface area contributed by atoms with Crippen LogP contribution in [-0.4, -0.2) is 71.1 Å². The molecular weight excluding hydrogens is 536 g/mol. The number of hydrogen-bond acceptors (Lipinski definition) is 10. The molecule has 5 heterocycles. The summed E-state index contributed by atoms with van der Waals surface area (Å²) < 4.78 is 43.0. The minimum absolute atomic E-state index is 0.0694. The van der Waals surface area contributed by atoms with Gasteiger partial charge in [0, 0.05) is 60.7 Å². The van der Waals surface area contributed by atoms with E-state index in [-0.39, 0.29) is 62.1 Å².